The first-order chi connectivity index (χ1) is 12.4. The number of hydrogen-bond donors (Lipinski definition) is 0. The molecule has 0 atom stereocenters. The van der Waals surface area contributed by atoms with Crippen LogP contribution in [0.4, 0.5) is 0 Å². The van der Waals surface area contributed by atoms with Gasteiger partial charge in [-0.25, -0.2) is 4.57 Å². The van der Waals surface area contributed by atoms with E-state index >= 15 is 0 Å². The fourth-order valence-corrected chi connectivity index (χ4v) is 3.37. The molecule has 2 aromatic heterocycles. The van der Waals surface area contributed by atoms with Crippen molar-refractivity contribution < 1.29 is 4.57 Å². The first kappa shape index (κ1) is 14.0. The molecule has 4 heteroatoms. The van der Waals surface area contributed by atoms with Crippen molar-refractivity contribution in [1.29, 1.82) is 0 Å². The van der Waals surface area contributed by atoms with E-state index in [1.165, 1.54) is 22.3 Å². The van der Waals surface area contributed by atoms with Crippen LogP contribution >= 0.6 is 0 Å². The van der Waals surface area contributed by atoms with Crippen molar-refractivity contribution in [2.75, 3.05) is 0 Å². The summed E-state index contributed by atoms with van der Waals surface area (Å²) in [5, 5.41) is 0. The topological polar surface area (TPSA) is 42.5 Å². The minimum absolute atomic E-state index is 0.735. The maximum atomic E-state index is 4.52. The zero-order chi connectivity index (χ0) is 16.6. The molecule has 0 saturated carbocycles. The van der Waals surface area contributed by atoms with Crippen molar-refractivity contribution >= 4 is 0 Å². The Morgan fingerprint density at radius 3 is 2.48 bits per heavy atom. The van der Waals surface area contributed by atoms with Crippen LogP contribution in [0.2, 0.25) is 0 Å². The zero-order valence-corrected chi connectivity index (χ0v) is 13.5. The van der Waals surface area contributed by atoms with Gasteiger partial charge in [0.1, 0.15) is 5.69 Å². The smallest absolute Gasteiger partial charge is 0.261 e. The van der Waals surface area contributed by atoms with Gasteiger partial charge in [0.15, 0.2) is 0 Å². The molecule has 4 nitrogen and oxygen atoms in total. The summed E-state index contributed by atoms with van der Waals surface area (Å²) in [6.07, 6.45) is 8.07. The fourth-order valence-electron chi connectivity index (χ4n) is 3.37. The summed E-state index contributed by atoms with van der Waals surface area (Å²) >= 11 is 0. The second-order valence-corrected chi connectivity index (χ2v) is 6.14. The van der Waals surface area contributed by atoms with Crippen LogP contribution in [0.3, 0.4) is 0 Å². The Morgan fingerprint density at radius 2 is 1.64 bits per heavy atom. The van der Waals surface area contributed by atoms with Gasteiger partial charge in [-0.1, -0.05) is 40.3 Å². The van der Waals surface area contributed by atoms with Gasteiger partial charge in [0, 0.05) is 6.20 Å². The van der Waals surface area contributed by atoms with E-state index in [-0.39, 0.29) is 0 Å². The molecule has 2 aromatic carbocycles. The molecule has 0 aliphatic heterocycles. The Kier molecular flexibility index (Phi) is 3.13. The van der Waals surface area contributed by atoms with Crippen LogP contribution in [0.25, 0.3) is 28.2 Å². The summed E-state index contributed by atoms with van der Waals surface area (Å²) in [4.78, 5) is 13.2. The van der Waals surface area contributed by atoms with Crippen molar-refractivity contribution in [3.8, 4) is 28.2 Å². The predicted octanol–water partition coefficient (Wildman–Crippen LogP) is 3.39. The monoisotopic (exact) mass is 323 g/mol. The van der Waals surface area contributed by atoms with E-state index in [0.29, 0.717) is 0 Å². The van der Waals surface area contributed by atoms with Crippen LogP contribution in [0.5, 0.6) is 0 Å². The van der Waals surface area contributed by atoms with Crippen LogP contribution in [0.1, 0.15) is 11.1 Å². The molecule has 0 spiro atoms. The molecule has 0 unspecified atom stereocenters. The highest BCUT2D eigenvalue weighted by Crippen LogP contribution is 2.37. The Balaban J connectivity index is 1.50. The molecule has 4 aromatic rings. The Labute approximate surface area is 145 Å². The summed E-state index contributed by atoms with van der Waals surface area (Å²) < 4.78 is 1.86. The van der Waals surface area contributed by atoms with Crippen LogP contribution in [-0.4, -0.2) is 15.0 Å². The summed E-state index contributed by atoms with van der Waals surface area (Å²) in [5.74, 6) is 0.735. The molecule has 5 rings (SSSR count). The minimum Gasteiger partial charge on any atom is -0.261 e. The summed E-state index contributed by atoms with van der Waals surface area (Å²) in [7, 11) is 0. The molecule has 2 heterocycles. The molecule has 25 heavy (non-hydrogen) atoms. The first-order valence-corrected chi connectivity index (χ1v) is 8.24. The van der Waals surface area contributed by atoms with Gasteiger partial charge < -0.3 is 0 Å². The number of rotatable bonds is 2. The fraction of sp³-hybridized carbons (Fsp3) is 0.0476. The van der Waals surface area contributed by atoms with Gasteiger partial charge >= 0.3 is 5.82 Å². The molecule has 0 saturated heterocycles. The lowest BCUT2D eigenvalue weighted by Gasteiger charge is -2.02. The molecule has 0 amide bonds. The van der Waals surface area contributed by atoms with Crippen molar-refractivity contribution in [3.05, 3.63) is 90.8 Å². The maximum Gasteiger partial charge on any atom is 0.307 e. The van der Waals surface area contributed by atoms with E-state index in [9.17, 15) is 0 Å². The summed E-state index contributed by atoms with van der Waals surface area (Å²) in [6.45, 7) is 0. The predicted molar refractivity (Wildman–Crippen MR) is 95.0 cm³/mol. The summed E-state index contributed by atoms with van der Waals surface area (Å²) in [6, 6.07) is 19.0. The molecule has 0 N–H and O–H groups in total. The van der Waals surface area contributed by atoms with Crippen LogP contribution < -0.4 is 4.57 Å². The Hall–Kier alpha value is -3.40. The number of hydrogen-bond acceptors (Lipinski definition) is 3. The van der Waals surface area contributed by atoms with Crippen molar-refractivity contribution in [2.45, 2.75) is 6.42 Å². The second-order valence-electron chi connectivity index (χ2n) is 6.14. The quantitative estimate of drug-likeness (QED) is 0.468. The van der Waals surface area contributed by atoms with Crippen molar-refractivity contribution in [3.63, 3.8) is 0 Å². The molecular weight excluding hydrogens is 308 g/mol. The van der Waals surface area contributed by atoms with Gasteiger partial charge in [-0.15, -0.1) is 0 Å². The lowest BCUT2D eigenvalue weighted by Crippen LogP contribution is -2.31. The normalized spacial score (nSPS) is 11.8. The first-order valence-electron chi connectivity index (χ1n) is 8.24. The third kappa shape index (κ3) is 2.39. The molecule has 1 aliphatic rings. The molecule has 0 fully saturated rings. The third-order valence-electron chi connectivity index (χ3n) is 4.60. The average molecular weight is 323 g/mol. The number of aromatic nitrogens is 4. The second kappa shape index (κ2) is 5.60. The highest BCUT2D eigenvalue weighted by atomic mass is 15.1. The number of fused-ring (bicyclic) bond motifs is 3. The molecule has 0 bridgehead atoms. The van der Waals surface area contributed by atoms with Crippen molar-refractivity contribution in [2.24, 2.45) is 0 Å². The highest BCUT2D eigenvalue weighted by molar-refractivity contribution is 5.79. The molecule has 1 aliphatic carbocycles. The van der Waals surface area contributed by atoms with Gasteiger partial charge in [0.2, 0.25) is 12.7 Å². The average Bonchev–Trinajstić information content (AvgIpc) is 3.06. The van der Waals surface area contributed by atoms with E-state index in [4.69, 9.17) is 0 Å². The lowest BCUT2D eigenvalue weighted by atomic mass is 10.0. The van der Waals surface area contributed by atoms with Gasteiger partial charge in [-0.2, -0.15) is 0 Å². The standard InChI is InChI=1S/C21H15N4/c1-2-6-19-15(4-1)10-17-11-16(7-8-20(17)19)21-23-13-25(14-24-21)18-5-3-9-22-12-18/h1-9,11-14H,10H2/q+1. The van der Waals surface area contributed by atoms with E-state index in [0.717, 1.165) is 23.5 Å². The number of nitrogens with zero attached hydrogens (tertiary/aromatic N) is 4. The van der Waals surface area contributed by atoms with Gasteiger partial charge in [-0.3, -0.25) is 4.98 Å². The third-order valence-corrected chi connectivity index (χ3v) is 4.60. The van der Waals surface area contributed by atoms with Crippen LogP contribution in [-0.2, 0) is 6.42 Å². The van der Waals surface area contributed by atoms with Crippen LogP contribution in [0.15, 0.2) is 79.6 Å². The maximum absolute atomic E-state index is 4.52. The van der Waals surface area contributed by atoms with Gasteiger partial charge in [0.25, 0.3) is 0 Å². The largest absolute Gasteiger partial charge is 0.307 e. The molecule has 0 radical (unpaired) electrons. The number of pyridine rings is 1. The van der Waals surface area contributed by atoms with Gasteiger partial charge in [-0.05, 0) is 52.9 Å². The minimum atomic E-state index is 0.735. The molecule has 118 valence electrons. The Morgan fingerprint density at radius 1 is 0.800 bits per heavy atom. The Bertz CT molecular complexity index is 1060. The zero-order valence-electron chi connectivity index (χ0n) is 13.5. The van der Waals surface area contributed by atoms with Crippen molar-refractivity contribution in [1.82, 2.24) is 15.0 Å². The highest BCUT2D eigenvalue weighted by Gasteiger charge is 2.20. The van der Waals surface area contributed by atoms with E-state index in [2.05, 4.69) is 57.4 Å². The van der Waals surface area contributed by atoms with E-state index in [1.54, 1.807) is 25.0 Å². The van der Waals surface area contributed by atoms with Crippen LogP contribution in [0, 0.1) is 0 Å². The van der Waals surface area contributed by atoms with E-state index < -0.39 is 0 Å². The van der Waals surface area contributed by atoms with Gasteiger partial charge in [0.05, 0.1) is 11.8 Å². The molecular formula is C21H15N4+. The lowest BCUT2D eigenvalue weighted by molar-refractivity contribution is -0.602. The SMILES string of the molecule is c1cncc(-[n+]2cnc(-c3ccc4c(c3)Cc3ccccc3-4)nc2)c1. The summed E-state index contributed by atoms with van der Waals surface area (Å²) in [5.41, 5.74) is 7.38. The number of benzene rings is 2. The van der Waals surface area contributed by atoms with E-state index in [1.807, 2.05) is 16.7 Å².